The molecule has 0 amide bonds. The Kier molecular flexibility index (Phi) is 2.68. The summed E-state index contributed by atoms with van der Waals surface area (Å²) in [6, 6.07) is 5.86. The van der Waals surface area contributed by atoms with Crippen LogP contribution in [0.3, 0.4) is 0 Å². The van der Waals surface area contributed by atoms with Crippen molar-refractivity contribution in [1.29, 1.82) is 0 Å². The lowest BCUT2D eigenvalue weighted by Crippen LogP contribution is -2.15. The molecule has 0 bridgehead atoms. The van der Waals surface area contributed by atoms with Crippen molar-refractivity contribution in [2.45, 2.75) is 6.54 Å². The van der Waals surface area contributed by atoms with Gasteiger partial charge in [0, 0.05) is 19.2 Å². The normalized spacial score (nSPS) is 13.7. The average molecular weight is 245 g/mol. The molecule has 0 radical (unpaired) electrons. The third kappa shape index (κ3) is 1.73. The second-order valence-corrected chi connectivity index (χ2v) is 4.19. The maximum atomic E-state index is 5.65. The van der Waals surface area contributed by atoms with Gasteiger partial charge in [0.2, 0.25) is 0 Å². The predicted octanol–water partition coefficient (Wildman–Crippen LogP) is 1.32. The maximum Gasteiger partial charge on any atom is 0.162 e. The van der Waals surface area contributed by atoms with Crippen LogP contribution in [0.15, 0.2) is 24.4 Å². The Bertz CT molecular complexity index is 578. The van der Waals surface area contributed by atoms with Gasteiger partial charge in [-0.3, -0.25) is 0 Å². The number of ether oxygens (including phenoxy) is 2. The second kappa shape index (κ2) is 4.34. The summed E-state index contributed by atoms with van der Waals surface area (Å²) < 4.78 is 13.1. The van der Waals surface area contributed by atoms with E-state index in [1.54, 1.807) is 6.20 Å². The van der Waals surface area contributed by atoms with Crippen molar-refractivity contribution >= 4 is 0 Å². The quantitative estimate of drug-likeness (QED) is 0.866. The number of hydrogen-bond acceptors (Lipinski definition) is 4. The first kappa shape index (κ1) is 11.1. The van der Waals surface area contributed by atoms with Crippen molar-refractivity contribution in [2.75, 3.05) is 13.2 Å². The molecule has 2 N–H and O–H groups in total. The summed E-state index contributed by atoms with van der Waals surface area (Å²) in [5.41, 5.74) is 7.65. The first-order valence-corrected chi connectivity index (χ1v) is 5.90. The van der Waals surface area contributed by atoms with E-state index < -0.39 is 0 Å². The highest BCUT2D eigenvalue weighted by molar-refractivity contribution is 5.62. The highest BCUT2D eigenvalue weighted by Gasteiger charge is 2.14. The van der Waals surface area contributed by atoms with Gasteiger partial charge in [0.1, 0.15) is 19.0 Å². The zero-order valence-corrected chi connectivity index (χ0v) is 10.2. The van der Waals surface area contributed by atoms with Crippen LogP contribution in [0.1, 0.15) is 5.69 Å². The standard InChI is InChI=1S/C13H15N3O2/c1-16-10(7-14)8-15-13(16)9-2-3-11-12(6-9)18-5-4-17-11/h2-3,6,8H,4-5,7,14H2,1H3. The lowest BCUT2D eigenvalue weighted by molar-refractivity contribution is 0.171. The zero-order chi connectivity index (χ0) is 12.5. The van der Waals surface area contributed by atoms with Crippen LogP contribution >= 0.6 is 0 Å². The van der Waals surface area contributed by atoms with Crippen molar-refractivity contribution in [3.8, 4) is 22.9 Å². The lowest BCUT2D eigenvalue weighted by Gasteiger charge is -2.18. The molecule has 0 saturated carbocycles. The number of nitrogens with zero attached hydrogens (tertiary/aromatic N) is 2. The van der Waals surface area contributed by atoms with E-state index >= 15 is 0 Å². The zero-order valence-electron chi connectivity index (χ0n) is 10.2. The van der Waals surface area contributed by atoms with Gasteiger partial charge in [-0.2, -0.15) is 0 Å². The first-order chi connectivity index (χ1) is 8.79. The van der Waals surface area contributed by atoms with Crippen molar-refractivity contribution in [1.82, 2.24) is 9.55 Å². The largest absolute Gasteiger partial charge is 0.486 e. The van der Waals surface area contributed by atoms with Crippen LogP contribution in [0.5, 0.6) is 11.5 Å². The van der Waals surface area contributed by atoms with Gasteiger partial charge < -0.3 is 19.8 Å². The summed E-state index contributed by atoms with van der Waals surface area (Å²) in [6.07, 6.45) is 1.80. The van der Waals surface area contributed by atoms with Gasteiger partial charge in [-0.05, 0) is 18.2 Å². The minimum absolute atomic E-state index is 0.480. The van der Waals surface area contributed by atoms with E-state index in [2.05, 4.69) is 4.98 Å². The van der Waals surface area contributed by atoms with Crippen molar-refractivity contribution < 1.29 is 9.47 Å². The van der Waals surface area contributed by atoms with Gasteiger partial charge in [0.15, 0.2) is 11.5 Å². The number of imidazole rings is 1. The van der Waals surface area contributed by atoms with E-state index in [1.807, 2.05) is 29.8 Å². The van der Waals surface area contributed by atoms with Crippen LogP contribution in [-0.2, 0) is 13.6 Å². The Hall–Kier alpha value is -2.01. The number of aromatic nitrogens is 2. The van der Waals surface area contributed by atoms with E-state index in [1.165, 1.54) is 0 Å². The molecule has 0 spiro atoms. The molecule has 0 fully saturated rings. The van der Waals surface area contributed by atoms with E-state index in [9.17, 15) is 0 Å². The molecular weight excluding hydrogens is 230 g/mol. The van der Waals surface area contributed by atoms with Crippen LogP contribution < -0.4 is 15.2 Å². The summed E-state index contributed by atoms with van der Waals surface area (Å²) in [5, 5.41) is 0. The summed E-state index contributed by atoms with van der Waals surface area (Å²) in [4.78, 5) is 4.39. The number of rotatable bonds is 2. The number of nitrogens with two attached hydrogens (primary N) is 1. The minimum Gasteiger partial charge on any atom is -0.486 e. The van der Waals surface area contributed by atoms with E-state index in [0.717, 1.165) is 28.6 Å². The lowest BCUT2D eigenvalue weighted by atomic mass is 10.2. The molecule has 1 aliphatic heterocycles. The molecule has 1 aromatic heterocycles. The highest BCUT2D eigenvalue weighted by atomic mass is 16.6. The van der Waals surface area contributed by atoms with Gasteiger partial charge in [0.25, 0.3) is 0 Å². The molecule has 5 heteroatoms. The maximum absolute atomic E-state index is 5.65. The van der Waals surface area contributed by atoms with Crippen LogP contribution in [-0.4, -0.2) is 22.8 Å². The molecule has 0 aliphatic carbocycles. The SMILES string of the molecule is Cn1c(CN)cnc1-c1ccc2c(c1)OCCO2. The molecule has 5 nitrogen and oxygen atoms in total. The second-order valence-electron chi connectivity index (χ2n) is 4.19. The van der Waals surface area contributed by atoms with Crippen LogP contribution in [0, 0.1) is 0 Å². The van der Waals surface area contributed by atoms with Crippen molar-refractivity contribution in [3.05, 3.63) is 30.1 Å². The Balaban J connectivity index is 2.03. The Morgan fingerprint density at radius 2 is 2.06 bits per heavy atom. The van der Waals surface area contributed by atoms with Gasteiger partial charge >= 0.3 is 0 Å². The fourth-order valence-electron chi connectivity index (χ4n) is 2.09. The summed E-state index contributed by atoms with van der Waals surface area (Å²) in [7, 11) is 1.96. The molecule has 1 aliphatic rings. The fourth-order valence-corrected chi connectivity index (χ4v) is 2.09. The summed E-state index contributed by atoms with van der Waals surface area (Å²) in [6.45, 7) is 1.67. The topological polar surface area (TPSA) is 62.3 Å². The molecule has 94 valence electrons. The number of benzene rings is 1. The summed E-state index contributed by atoms with van der Waals surface area (Å²) in [5.74, 6) is 2.45. The van der Waals surface area contributed by atoms with Crippen LogP contribution in [0.25, 0.3) is 11.4 Å². The molecular formula is C13H15N3O2. The van der Waals surface area contributed by atoms with Gasteiger partial charge in [-0.1, -0.05) is 0 Å². The molecule has 3 rings (SSSR count). The number of hydrogen-bond donors (Lipinski definition) is 1. The van der Waals surface area contributed by atoms with Gasteiger partial charge in [-0.15, -0.1) is 0 Å². The monoisotopic (exact) mass is 245 g/mol. The third-order valence-corrected chi connectivity index (χ3v) is 3.09. The molecule has 18 heavy (non-hydrogen) atoms. The number of fused-ring (bicyclic) bond motifs is 1. The smallest absolute Gasteiger partial charge is 0.162 e. The Morgan fingerprint density at radius 1 is 1.28 bits per heavy atom. The molecule has 1 aromatic carbocycles. The molecule has 2 aromatic rings. The fraction of sp³-hybridized carbons (Fsp3) is 0.308. The minimum atomic E-state index is 0.480. The van der Waals surface area contributed by atoms with Gasteiger partial charge in [-0.25, -0.2) is 4.98 Å². The van der Waals surface area contributed by atoms with E-state index in [4.69, 9.17) is 15.2 Å². The molecule has 0 saturated heterocycles. The summed E-state index contributed by atoms with van der Waals surface area (Å²) >= 11 is 0. The van der Waals surface area contributed by atoms with Crippen LogP contribution in [0.2, 0.25) is 0 Å². The Labute approximate surface area is 105 Å². The molecule has 0 atom stereocenters. The van der Waals surface area contributed by atoms with Gasteiger partial charge in [0.05, 0.1) is 11.9 Å². The first-order valence-electron chi connectivity index (χ1n) is 5.90. The molecule has 2 heterocycles. The van der Waals surface area contributed by atoms with Crippen molar-refractivity contribution in [3.63, 3.8) is 0 Å². The average Bonchev–Trinajstić information content (AvgIpc) is 2.79. The van der Waals surface area contributed by atoms with Crippen molar-refractivity contribution in [2.24, 2.45) is 12.8 Å². The highest BCUT2D eigenvalue weighted by Crippen LogP contribution is 2.34. The van der Waals surface area contributed by atoms with E-state index in [0.29, 0.717) is 19.8 Å². The Morgan fingerprint density at radius 3 is 2.78 bits per heavy atom. The third-order valence-electron chi connectivity index (χ3n) is 3.09. The van der Waals surface area contributed by atoms with Crippen LogP contribution in [0.4, 0.5) is 0 Å². The van der Waals surface area contributed by atoms with E-state index in [-0.39, 0.29) is 0 Å². The predicted molar refractivity (Wildman–Crippen MR) is 67.5 cm³/mol. The molecule has 0 unspecified atom stereocenters.